The van der Waals surface area contributed by atoms with Crippen LogP contribution in [0.1, 0.15) is 0 Å². The van der Waals surface area contributed by atoms with Gasteiger partial charge in [-0.15, -0.1) is 10.5 Å². The Bertz CT molecular complexity index is 560. The fourth-order valence-corrected chi connectivity index (χ4v) is 3.58. The zero-order valence-corrected chi connectivity index (χ0v) is 10.7. The third-order valence-electron chi connectivity index (χ3n) is 2.42. The highest BCUT2D eigenvalue weighted by molar-refractivity contribution is 8.26. The van der Waals surface area contributed by atoms with E-state index in [-0.39, 0.29) is 0 Å². The summed E-state index contributed by atoms with van der Waals surface area (Å²) < 4.78 is 10.4. The van der Waals surface area contributed by atoms with E-state index in [4.69, 9.17) is 18.9 Å². The van der Waals surface area contributed by atoms with Crippen molar-refractivity contribution in [3.63, 3.8) is 0 Å². The zero-order valence-electron chi connectivity index (χ0n) is 9.89. The summed E-state index contributed by atoms with van der Waals surface area (Å²) in [7, 11) is -2.58. The van der Waals surface area contributed by atoms with E-state index in [0.29, 0.717) is 9.79 Å². The van der Waals surface area contributed by atoms with E-state index in [2.05, 4.69) is 0 Å². The molecule has 0 aromatic heterocycles. The summed E-state index contributed by atoms with van der Waals surface area (Å²) in [5.41, 5.74) is 0. The molecule has 0 saturated heterocycles. The SMILES string of the molecule is N#COS(OC#N)(c1ccccc1)c1ccccc1. The van der Waals surface area contributed by atoms with E-state index in [1.807, 2.05) is 36.4 Å². The van der Waals surface area contributed by atoms with Gasteiger partial charge in [-0.3, -0.25) is 8.37 Å². The first-order chi connectivity index (χ1) is 9.33. The van der Waals surface area contributed by atoms with Gasteiger partial charge in [0.25, 0.3) is 0 Å². The molecule has 0 N–H and O–H groups in total. The maximum atomic E-state index is 8.91. The molecular formula is C14H10N2O2S. The second kappa shape index (κ2) is 5.81. The molecular weight excluding hydrogens is 260 g/mol. The normalized spacial score (nSPS) is 10.8. The first kappa shape index (κ1) is 12.8. The van der Waals surface area contributed by atoms with Crippen LogP contribution in [0.15, 0.2) is 70.5 Å². The Kier molecular flexibility index (Phi) is 3.92. The monoisotopic (exact) mass is 270 g/mol. The Morgan fingerprint density at radius 2 is 1.05 bits per heavy atom. The number of hydrogen-bond donors (Lipinski definition) is 0. The summed E-state index contributed by atoms with van der Waals surface area (Å²) in [6, 6.07) is 18.0. The van der Waals surface area contributed by atoms with Gasteiger partial charge >= 0.3 is 12.5 Å². The lowest BCUT2D eigenvalue weighted by molar-refractivity contribution is 0.439. The third kappa shape index (κ3) is 2.47. The summed E-state index contributed by atoms with van der Waals surface area (Å²) >= 11 is 0. The van der Waals surface area contributed by atoms with E-state index in [1.165, 1.54) is 0 Å². The van der Waals surface area contributed by atoms with E-state index < -0.39 is 10.6 Å². The molecule has 0 fully saturated rings. The molecule has 0 spiro atoms. The second-order valence-electron chi connectivity index (χ2n) is 3.48. The van der Waals surface area contributed by atoms with Crippen molar-refractivity contribution in [2.24, 2.45) is 0 Å². The lowest BCUT2D eigenvalue weighted by atomic mass is 10.4. The molecule has 0 bridgehead atoms. The molecule has 5 heteroatoms. The van der Waals surface area contributed by atoms with Crippen molar-refractivity contribution in [3.05, 3.63) is 60.7 Å². The summed E-state index contributed by atoms with van der Waals surface area (Å²) in [5, 5.41) is 17.8. The average Bonchev–Trinajstić information content (AvgIpc) is 2.49. The Morgan fingerprint density at radius 1 is 0.684 bits per heavy atom. The van der Waals surface area contributed by atoms with Crippen LogP contribution in [0.2, 0.25) is 0 Å². The van der Waals surface area contributed by atoms with Crippen molar-refractivity contribution >= 4 is 10.6 Å². The van der Waals surface area contributed by atoms with Crippen LogP contribution < -0.4 is 0 Å². The van der Waals surface area contributed by atoms with Crippen LogP contribution in [0.25, 0.3) is 0 Å². The van der Waals surface area contributed by atoms with Crippen molar-refractivity contribution in [1.82, 2.24) is 0 Å². The molecule has 0 amide bonds. The van der Waals surface area contributed by atoms with Gasteiger partial charge in [-0.2, -0.15) is 0 Å². The highest BCUT2D eigenvalue weighted by Gasteiger charge is 2.29. The molecule has 0 radical (unpaired) electrons. The quantitative estimate of drug-likeness (QED) is 0.794. The number of benzene rings is 2. The molecule has 2 rings (SSSR count). The highest BCUT2D eigenvalue weighted by atomic mass is 32.3. The largest absolute Gasteiger partial charge is 0.312 e. The standard InChI is InChI=1S/C14H10N2O2S/c15-11-17-19(18-12-16,13-7-3-1-4-8-13)14-9-5-2-6-10-14/h1-10H. The van der Waals surface area contributed by atoms with E-state index >= 15 is 0 Å². The Labute approximate surface area is 113 Å². The van der Waals surface area contributed by atoms with Crippen molar-refractivity contribution in [3.8, 4) is 12.5 Å². The third-order valence-corrected chi connectivity index (χ3v) is 4.82. The van der Waals surface area contributed by atoms with Crippen LogP contribution in [-0.4, -0.2) is 0 Å². The molecule has 2 aromatic rings. The van der Waals surface area contributed by atoms with Gasteiger partial charge < -0.3 is 0 Å². The topological polar surface area (TPSA) is 66.0 Å². The molecule has 4 nitrogen and oxygen atoms in total. The van der Waals surface area contributed by atoms with Gasteiger partial charge in [0.05, 0.1) is 9.79 Å². The van der Waals surface area contributed by atoms with Gasteiger partial charge in [-0.05, 0) is 34.9 Å². The van der Waals surface area contributed by atoms with Crippen LogP contribution in [0.3, 0.4) is 0 Å². The van der Waals surface area contributed by atoms with E-state index in [1.54, 1.807) is 36.8 Å². The molecule has 0 aliphatic heterocycles. The molecule has 0 heterocycles. The number of nitrogens with zero attached hydrogens (tertiary/aromatic N) is 2. The van der Waals surface area contributed by atoms with Crippen LogP contribution in [0, 0.1) is 23.0 Å². The van der Waals surface area contributed by atoms with Crippen molar-refractivity contribution < 1.29 is 8.37 Å². The molecule has 0 atom stereocenters. The molecule has 19 heavy (non-hydrogen) atoms. The number of hydrogen-bond acceptors (Lipinski definition) is 4. The van der Waals surface area contributed by atoms with Crippen LogP contribution in [0.5, 0.6) is 0 Å². The summed E-state index contributed by atoms with van der Waals surface area (Å²) in [4.78, 5) is 1.31. The smallest absolute Gasteiger partial charge is 0.293 e. The maximum absolute atomic E-state index is 8.91. The first-order valence-corrected chi connectivity index (χ1v) is 6.90. The lowest BCUT2D eigenvalue weighted by Gasteiger charge is -2.36. The fourth-order valence-electron chi connectivity index (χ4n) is 1.65. The van der Waals surface area contributed by atoms with Crippen LogP contribution >= 0.6 is 10.6 Å². The molecule has 2 aromatic carbocycles. The first-order valence-electron chi connectivity index (χ1n) is 5.42. The van der Waals surface area contributed by atoms with Crippen LogP contribution in [0.4, 0.5) is 0 Å². The summed E-state index contributed by atoms with van der Waals surface area (Å²) in [6.45, 7) is 0. The minimum atomic E-state index is -2.58. The Morgan fingerprint density at radius 3 is 1.37 bits per heavy atom. The number of rotatable bonds is 4. The van der Waals surface area contributed by atoms with E-state index in [0.717, 1.165) is 0 Å². The maximum Gasteiger partial charge on any atom is 0.312 e. The predicted molar refractivity (Wildman–Crippen MR) is 70.4 cm³/mol. The molecule has 0 unspecified atom stereocenters. The van der Waals surface area contributed by atoms with Crippen molar-refractivity contribution in [2.45, 2.75) is 9.79 Å². The zero-order chi connectivity index (χ0) is 13.6. The van der Waals surface area contributed by atoms with Crippen molar-refractivity contribution in [1.29, 1.82) is 10.5 Å². The van der Waals surface area contributed by atoms with Gasteiger partial charge in [-0.25, -0.2) is 0 Å². The molecule has 94 valence electrons. The lowest BCUT2D eigenvalue weighted by Crippen LogP contribution is -2.05. The van der Waals surface area contributed by atoms with E-state index in [9.17, 15) is 0 Å². The fraction of sp³-hybridized carbons (Fsp3) is 0. The van der Waals surface area contributed by atoms with Crippen LogP contribution in [-0.2, 0) is 8.37 Å². The van der Waals surface area contributed by atoms with Gasteiger partial charge in [0.1, 0.15) is 0 Å². The van der Waals surface area contributed by atoms with Crippen molar-refractivity contribution in [2.75, 3.05) is 0 Å². The second-order valence-corrected chi connectivity index (χ2v) is 5.76. The molecule has 0 saturated carbocycles. The molecule has 0 aliphatic rings. The number of nitriles is 2. The Hall–Kier alpha value is -2.63. The average molecular weight is 270 g/mol. The van der Waals surface area contributed by atoms with Gasteiger partial charge in [0.2, 0.25) is 0 Å². The minimum absolute atomic E-state index is 0.657. The van der Waals surface area contributed by atoms with Gasteiger partial charge in [0, 0.05) is 0 Å². The minimum Gasteiger partial charge on any atom is -0.293 e. The highest BCUT2D eigenvalue weighted by Crippen LogP contribution is 2.63. The summed E-state index contributed by atoms with van der Waals surface area (Å²) in [6.07, 6.45) is 3.30. The Balaban J connectivity index is 2.62. The van der Waals surface area contributed by atoms with Gasteiger partial charge in [-0.1, -0.05) is 36.4 Å². The summed E-state index contributed by atoms with van der Waals surface area (Å²) in [5.74, 6) is 0. The van der Waals surface area contributed by atoms with Gasteiger partial charge in [0.15, 0.2) is 0 Å². The molecule has 0 aliphatic carbocycles. The predicted octanol–water partition coefficient (Wildman–Crippen LogP) is 3.73.